The predicted octanol–water partition coefficient (Wildman–Crippen LogP) is 4.18. The molecular formula is C20H34IN5O. The van der Waals surface area contributed by atoms with Gasteiger partial charge in [0.1, 0.15) is 0 Å². The number of amides is 2. The van der Waals surface area contributed by atoms with Gasteiger partial charge in [-0.1, -0.05) is 31.9 Å². The number of urea groups is 1. The number of benzene rings is 1. The number of nitrogens with one attached hydrogen (secondary N) is 3. The van der Waals surface area contributed by atoms with Crippen molar-refractivity contribution in [1.82, 2.24) is 15.5 Å². The molecule has 2 amide bonds. The van der Waals surface area contributed by atoms with Crippen molar-refractivity contribution >= 4 is 41.7 Å². The zero-order valence-electron chi connectivity index (χ0n) is 16.6. The highest BCUT2D eigenvalue weighted by Crippen LogP contribution is 2.14. The Morgan fingerprint density at radius 1 is 1.15 bits per heavy atom. The highest BCUT2D eigenvalue weighted by molar-refractivity contribution is 14.0. The zero-order valence-corrected chi connectivity index (χ0v) is 18.9. The summed E-state index contributed by atoms with van der Waals surface area (Å²) in [7, 11) is 0. The molecule has 1 aliphatic rings. The first-order chi connectivity index (χ1) is 12.7. The van der Waals surface area contributed by atoms with Crippen LogP contribution in [-0.2, 0) is 6.54 Å². The first-order valence-electron chi connectivity index (χ1n) is 9.90. The molecule has 0 unspecified atom stereocenters. The van der Waals surface area contributed by atoms with Crippen LogP contribution in [0.5, 0.6) is 0 Å². The van der Waals surface area contributed by atoms with Gasteiger partial charge in [-0.3, -0.25) is 0 Å². The van der Waals surface area contributed by atoms with Crippen LogP contribution < -0.4 is 16.0 Å². The van der Waals surface area contributed by atoms with E-state index in [9.17, 15) is 4.79 Å². The van der Waals surface area contributed by atoms with Crippen LogP contribution in [0.15, 0.2) is 29.3 Å². The van der Waals surface area contributed by atoms with E-state index in [0.717, 1.165) is 62.7 Å². The number of likely N-dealkylation sites (tertiary alicyclic amines) is 1. The quantitative estimate of drug-likeness (QED) is 0.223. The summed E-state index contributed by atoms with van der Waals surface area (Å²) in [4.78, 5) is 18.7. The van der Waals surface area contributed by atoms with Gasteiger partial charge >= 0.3 is 6.03 Å². The van der Waals surface area contributed by atoms with E-state index in [4.69, 9.17) is 0 Å². The molecule has 1 heterocycles. The lowest BCUT2D eigenvalue weighted by molar-refractivity contribution is 0.222. The number of carbonyl (C=O) groups excluding carboxylic acids is 1. The molecule has 7 heteroatoms. The van der Waals surface area contributed by atoms with Crippen LogP contribution in [0.25, 0.3) is 0 Å². The van der Waals surface area contributed by atoms with Crippen molar-refractivity contribution < 1.29 is 4.79 Å². The Morgan fingerprint density at radius 2 is 1.93 bits per heavy atom. The fourth-order valence-electron chi connectivity index (χ4n) is 2.96. The monoisotopic (exact) mass is 487 g/mol. The van der Waals surface area contributed by atoms with Crippen LogP contribution in [0.2, 0.25) is 0 Å². The molecule has 0 aromatic heterocycles. The van der Waals surface area contributed by atoms with Gasteiger partial charge in [-0.25, -0.2) is 9.79 Å². The van der Waals surface area contributed by atoms with Crippen LogP contribution in [-0.4, -0.2) is 43.1 Å². The number of hydrogen-bond donors (Lipinski definition) is 3. The lowest BCUT2D eigenvalue weighted by Gasteiger charge is -2.16. The van der Waals surface area contributed by atoms with Crippen LogP contribution in [0.4, 0.5) is 10.5 Å². The summed E-state index contributed by atoms with van der Waals surface area (Å²) < 4.78 is 0. The molecular weight excluding hydrogens is 453 g/mol. The van der Waals surface area contributed by atoms with Crippen molar-refractivity contribution in [2.75, 3.05) is 31.5 Å². The zero-order chi connectivity index (χ0) is 18.6. The largest absolute Gasteiger partial charge is 0.357 e. The van der Waals surface area contributed by atoms with Gasteiger partial charge in [0.25, 0.3) is 0 Å². The first-order valence-corrected chi connectivity index (χ1v) is 9.90. The normalized spacial score (nSPS) is 13.9. The van der Waals surface area contributed by atoms with Crippen LogP contribution in [0.3, 0.4) is 0 Å². The number of guanidine groups is 1. The molecule has 0 radical (unpaired) electrons. The Kier molecular flexibility index (Phi) is 11.9. The van der Waals surface area contributed by atoms with Crippen molar-refractivity contribution in [3.05, 3.63) is 29.8 Å². The third kappa shape index (κ3) is 8.81. The van der Waals surface area contributed by atoms with Gasteiger partial charge < -0.3 is 20.9 Å². The van der Waals surface area contributed by atoms with Crippen LogP contribution >= 0.6 is 24.0 Å². The minimum absolute atomic E-state index is 0. The number of nitrogens with zero attached hydrogens (tertiary/aromatic N) is 2. The molecule has 6 nitrogen and oxygen atoms in total. The Balaban J connectivity index is 0.00000364. The van der Waals surface area contributed by atoms with Crippen LogP contribution in [0, 0.1) is 0 Å². The van der Waals surface area contributed by atoms with Gasteiger partial charge in [-0.15, -0.1) is 24.0 Å². The number of halogens is 1. The Labute approximate surface area is 180 Å². The predicted molar refractivity (Wildman–Crippen MR) is 124 cm³/mol. The molecule has 1 saturated heterocycles. The fraction of sp³-hybridized carbons (Fsp3) is 0.600. The van der Waals surface area contributed by atoms with E-state index in [1.165, 1.54) is 12.8 Å². The molecule has 2 rings (SSSR count). The van der Waals surface area contributed by atoms with Gasteiger partial charge in [0.05, 0.1) is 6.54 Å². The highest BCUT2D eigenvalue weighted by atomic mass is 127. The van der Waals surface area contributed by atoms with Crippen molar-refractivity contribution in [3.8, 4) is 0 Å². The van der Waals surface area contributed by atoms with E-state index < -0.39 is 0 Å². The molecule has 1 aromatic rings. The minimum Gasteiger partial charge on any atom is -0.357 e. The smallest absolute Gasteiger partial charge is 0.321 e. The van der Waals surface area contributed by atoms with Crippen LogP contribution in [0.1, 0.15) is 51.5 Å². The maximum Gasteiger partial charge on any atom is 0.321 e. The summed E-state index contributed by atoms with van der Waals surface area (Å²) in [5, 5.41) is 9.64. The molecule has 1 aromatic carbocycles. The third-order valence-corrected chi connectivity index (χ3v) is 4.41. The van der Waals surface area contributed by atoms with Gasteiger partial charge in [0, 0.05) is 31.9 Å². The van der Waals surface area contributed by atoms with E-state index in [2.05, 4.69) is 34.8 Å². The molecule has 1 aliphatic heterocycles. The molecule has 1 fully saturated rings. The average molecular weight is 487 g/mol. The van der Waals surface area contributed by atoms with Crippen molar-refractivity contribution in [1.29, 1.82) is 0 Å². The number of aliphatic imine (C=N–C) groups is 1. The first kappa shape index (κ1) is 23.5. The molecule has 0 spiro atoms. The van der Waals surface area contributed by atoms with Gasteiger partial charge in [-0.2, -0.15) is 0 Å². The van der Waals surface area contributed by atoms with Crippen molar-refractivity contribution in [3.63, 3.8) is 0 Å². The Hall–Kier alpha value is -1.51. The number of carbonyl (C=O) groups is 1. The summed E-state index contributed by atoms with van der Waals surface area (Å²) in [6, 6.07) is 7.92. The van der Waals surface area contributed by atoms with E-state index in [1.54, 1.807) is 0 Å². The second kappa shape index (κ2) is 13.6. The SMILES string of the molecule is CCCCCNC(=NCc1cccc(NC(=O)N2CCCC2)c1)NCC.I. The summed E-state index contributed by atoms with van der Waals surface area (Å²) in [6.07, 6.45) is 5.79. The number of unbranched alkanes of at least 4 members (excludes halogenated alkanes) is 2. The van der Waals surface area contributed by atoms with E-state index in [0.29, 0.717) is 6.54 Å². The number of anilines is 1. The molecule has 0 aliphatic carbocycles. The van der Waals surface area contributed by atoms with E-state index >= 15 is 0 Å². The lowest BCUT2D eigenvalue weighted by atomic mass is 10.2. The maximum atomic E-state index is 12.2. The second-order valence-corrected chi connectivity index (χ2v) is 6.65. The van der Waals surface area contributed by atoms with Gasteiger partial charge in [-0.05, 0) is 43.9 Å². The molecule has 0 bridgehead atoms. The van der Waals surface area contributed by atoms with Crippen molar-refractivity contribution in [2.45, 2.75) is 52.5 Å². The topological polar surface area (TPSA) is 68.8 Å². The molecule has 0 atom stereocenters. The molecule has 27 heavy (non-hydrogen) atoms. The Morgan fingerprint density at radius 3 is 2.63 bits per heavy atom. The highest BCUT2D eigenvalue weighted by Gasteiger charge is 2.17. The van der Waals surface area contributed by atoms with Gasteiger partial charge in [0.2, 0.25) is 0 Å². The fourth-order valence-corrected chi connectivity index (χ4v) is 2.96. The van der Waals surface area contributed by atoms with Gasteiger partial charge in [0.15, 0.2) is 5.96 Å². The molecule has 3 N–H and O–H groups in total. The summed E-state index contributed by atoms with van der Waals surface area (Å²) in [6.45, 7) is 8.33. The lowest BCUT2D eigenvalue weighted by Crippen LogP contribution is -2.37. The molecule has 0 saturated carbocycles. The summed E-state index contributed by atoms with van der Waals surface area (Å²) >= 11 is 0. The average Bonchev–Trinajstić information content (AvgIpc) is 3.18. The molecule has 152 valence electrons. The number of hydrogen-bond acceptors (Lipinski definition) is 2. The summed E-state index contributed by atoms with van der Waals surface area (Å²) in [5.41, 5.74) is 1.91. The maximum absolute atomic E-state index is 12.2. The Bertz CT molecular complexity index is 587. The number of rotatable bonds is 8. The summed E-state index contributed by atoms with van der Waals surface area (Å²) in [5.74, 6) is 0.843. The second-order valence-electron chi connectivity index (χ2n) is 6.65. The van der Waals surface area contributed by atoms with E-state index in [1.807, 2.05) is 29.2 Å². The van der Waals surface area contributed by atoms with Crippen molar-refractivity contribution in [2.24, 2.45) is 4.99 Å². The minimum atomic E-state index is -0.00548. The standard InChI is InChI=1S/C20H33N5O.HI/c1-3-5-6-12-22-19(21-4-2)23-16-17-10-9-11-18(15-17)24-20(26)25-13-7-8-14-25;/h9-11,15H,3-8,12-14,16H2,1-2H3,(H,24,26)(H2,21,22,23);1H. The van der Waals surface area contributed by atoms with E-state index in [-0.39, 0.29) is 30.0 Å². The third-order valence-electron chi connectivity index (χ3n) is 4.41.